The van der Waals surface area contributed by atoms with Crippen molar-refractivity contribution in [3.05, 3.63) is 36.6 Å². The lowest BCUT2D eigenvalue weighted by atomic mass is 9.94. The highest BCUT2D eigenvalue weighted by Crippen LogP contribution is 2.30. The molecule has 4 nitrogen and oxygen atoms in total. The summed E-state index contributed by atoms with van der Waals surface area (Å²) < 4.78 is 5.42. The van der Waals surface area contributed by atoms with Gasteiger partial charge in [0.15, 0.2) is 11.4 Å². The third kappa shape index (κ3) is 1.51. The Hall–Kier alpha value is -1.71. The summed E-state index contributed by atoms with van der Waals surface area (Å²) in [5, 5.41) is 0. The predicted molar refractivity (Wildman–Crippen MR) is 49.2 cm³/mol. The first-order chi connectivity index (χ1) is 6.71. The van der Waals surface area contributed by atoms with Gasteiger partial charge in [-0.15, -0.1) is 0 Å². The maximum Gasteiger partial charge on any atom is 0.163 e. The van der Waals surface area contributed by atoms with Gasteiger partial charge >= 0.3 is 0 Å². The van der Waals surface area contributed by atoms with Gasteiger partial charge < -0.3 is 4.74 Å². The highest BCUT2D eigenvalue weighted by molar-refractivity contribution is 5.90. The molecule has 4 heteroatoms. The standard InChI is InChI=1S/C10H10N2O2/c1-10(6-8(13)2-5-14-10)9-7-11-3-4-12-9/h2-5,7H,6H2,1H3. The lowest BCUT2D eigenvalue weighted by Crippen LogP contribution is -2.30. The number of nitrogens with zero attached hydrogens (tertiary/aromatic N) is 2. The number of ketones is 1. The van der Waals surface area contributed by atoms with E-state index < -0.39 is 5.60 Å². The van der Waals surface area contributed by atoms with Crippen LogP contribution in [0.5, 0.6) is 0 Å². The molecule has 0 aromatic carbocycles. The zero-order chi connectivity index (χ0) is 10.0. The molecule has 1 aromatic heterocycles. The number of hydrogen-bond donors (Lipinski definition) is 0. The van der Waals surface area contributed by atoms with Crippen molar-refractivity contribution in [2.45, 2.75) is 18.9 Å². The van der Waals surface area contributed by atoms with Crippen LogP contribution in [0.25, 0.3) is 0 Å². The van der Waals surface area contributed by atoms with Gasteiger partial charge in [-0.2, -0.15) is 0 Å². The van der Waals surface area contributed by atoms with Crippen LogP contribution in [0, 0.1) is 0 Å². The van der Waals surface area contributed by atoms with Gasteiger partial charge in [-0.3, -0.25) is 14.8 Å². The van der Waals surface area contributed by atoms with Crippen molar-refractivity contribution >= 4 is 5.78 Å². The van der Waals surface area contributed by atoms with E-state index in [0.29, 0.717) is 12.1 Å². The number of rotatable bonds is 1. The Morgan fingerprint density at radius 3 is 3.00 bits per heavy atom. The van der Waals surface area contributed by atoms with E-state index >= 15 is 0 Å². The summed E-state index contributed by atoms with van der Waals surface area (Å²) in [5.74, 6) is 0.0457. The van der Waals surface area contributed by atoms with Crippen LogP contribution in [-0.2, 0) is 15.1 Å². The van der Waals surface area contributed by atoms with Crippen LogP contribution in [0.1, 0.15) is 19.0 Å². The third-order valence-electron chi connectivity index (χ3n) is 2.20. The first-order valence-corrected chi connectivity index (χ1v) is 4.34. The Balaban J connectivity index is 2.34. The minimum absolute atomic E-state index is 0.0457. The fourth-order valence-corrected chi connectivity index (χ4v) is 1.42. The molecule has 2 rings (SSSR count). The fraction of sp³-hybridized carbons (Fsp3) is 0.300. The lowest BCUT2D eigenvalue weighted by Gasteiger charge is -2.29. The van der Waals surface area contributed by atoms with E-state index in [-0.39, 0.29) is 5.78 Å². The van der Waals surface area contributed by atoms with Crippen LogP contribution in [0.2, 0.25) is 0 Å². The van der Waals surface area contributed by atoms with Gasteiger partial charge in [-0.25, -0.2) is 0 Å². The molecule has 1 atom stereocenters. The third-order valence-corrected chi connectivity index (χ3v) is 2.20. The summed E-state index contributed by atoms with van der Waals surface area (Å²) >= 11 is 0. The molecule has 14 heavy (non-hydrogen) atoms. The van der Waals surface area contributed by atoms with E-state index in [4.69, 9.17) is 4.74 Å². The van der Waals surface area contributed by atoms with Crippen molar-refractivity contribution in [3.63, 3.8) is 0 Å². The number of hydrogen-bond acceptors (Lipinski definition) is 4. The van der Waals surface area contributed by atoms with E-state index in [9.17, 15) is 4.79 Å². The van der Waals surface area contributed by atoms with E-state index in [0.717, 1.165) is 0 Å². The average Bonchev–Trinajstić information content (AvgIpc) is 2.19. The molecule has 0 radical (unpaired) electrons. The van der Waals surface area contributed by atoms with Crippen LogP contribution in [-0.4, -0.2) is 15.8 Å². The van der Waals surface area contributed by atoms with Crippen molar-refractivity contribution in [1.82, 2.24) is 9.97 Å². The zero-order valence-electron chi connectivity index (χ0n) is 7.80. The molecule has 72 valence electrons. The minimum atomic E-state index is -0.667. The number of allylic oxidation sites excluding steroid dienone is 1. The van der Waals surface area contributed by atoms with Crippen molar-refractivity contribution in [2.24, 2.45) is 0 Å². The summed E-state index contributed by atoms with van der Waals surface area (Å²) in [6.07, 6.45) is 7.95. The van der Waals surface area contributed by atoms with Crippen molar-refractivity contribution in [1.29, 1.82) is 0 Å². The summed E-state index contributed by atoms with van der Waals surface area (Å²) in [4.78, 5) is 19.3. The molecule has 1 aliphatic rings. The van der Waals surface area contributed by atoms with Crippen molar-refractivity contribution < 1.29 is 9.53 Å². The van der Waals surface area contributed by atoms with Gasteiger partial charge in [0, 0.05) is 18.5 Å². The maximum absolute atomic E-state index is 11.2. The van der Waals surface area contributed by atoms with Gasteiger partial charge in [0.1, 0.15) is 5.69 Å². The second-order valence-corrected chi connectivity index (χ2v) is 3.39. The van der Waals surface area contributed by atoms with E-state index in [1.807, 2.05) is 6.92 Å². The Bertz CT molecular complexity index is 375. The topological polar surface area (TPSA) is 52.1 Å². The lowest BCUT2D eigenvalue weighted by molar-refractivity contribution is -0.122. The maximum atomic E-state index is 11.2. The molecule has 0 spiro atoms. The molecule has 0 saturated carbocycles. The Morgan fingerprint density at radius 2 is 2.36 bits per heavy atom. The molecule has 0 bridgehead atoms. The molecule has 0 fully saturated rings. The average molecular weight is 190 g/mol. The summed E-state index contributed by atoms with van der Waals surface area (Å²) in [5.41, 5.74) is 0.0119. The van der Waals surface area contributed by atoms with E-state index in [1.165, 1.54) is 12.3 Å². The van der Waals surface area contributed by atoms with Gasteiger partial charge in [-0.1, -0.05) is 0 Å². The van der Waals surface area contributed by atoms with Crippen molar-refractivity contribution in [2.75, 3.05) is 0 Å². The molecular weight excluding hydrogens is 180 g/mol. The number of carbonyl (C=O) groups excluding carboxylic acids is 1. The second-order valence-electron chi connectivity index (χ2n) is 3.39. The van der Waals surface area contributed by atoms with E-state index in [1.54, 1.807) is 18.6 Å². The normalized spacial score (nSPS) is 25.9. The minimum Gasteiger partial charge on any atom is -0.488 e. The first kappa shape index (κ1) is 8.87. The monoisotopic (exact) mass is 190 g/mol. The van der Waals surface area contributed by atoms with Crippen LogP contribution in [0.4, 0.5) is 0 Å². The van der Waals surface area contributed by atoms with Gasteiger partial charge in [0.25, 0.3) is 0 Å². The highest BCUT2D eigenvalue weighted by Gasteiger charge is 2.34. The molecule has 0 N–H and O–H groups in total. The quantitative estimate of drug-likeness (QED) is 0.667. The second kappa shape index (κ2) is 3.21. The fourth-order valence-electron chi connectivity index (χ4n) is 1.42. The van der Waals surface area contributed by atoms with E-state index in [2.05, 4.69) is 9.97 Å². The van der Waals surface area contributed by atoms with Crippen LogP contribution in [0.15, 0.2) is 30.9 Å². The number of ether oxygens (including phenoxy) is 1. The van der Waals surface area contributed by atoms with Crippen molar-refractivity contribution in [3.8, 4) is 0 Å². The van der Waals surface area contributed by atoms with Gasteiger partial charge in [0.2, 0.25) is 0 Å². The Morgan fingerprint density at radius 1 is 1.50 bits per heavy atom. The molecule has 2 heterocycles. The van der Waals surface area contributed by atoms with Crippen LogP contribution in [0.3, 0.4) is 0 Å². The summed E-state index contributed by atoms with van der Waals surface area (Å²) in [7, 11) is 0. The first-order valence-electron chi connectivity index (χ1n) is 4.34. The predicted octanol–water partition coefficient (Wildman–Crippen LogP) is 1.19. The number of carbonyl (C=O) groups is 1. The van der Waals surface area contributed by atoms with Gasteiger partial charge in [-0.05, 0) is 6.92 Å². The number of aromatic nitrogens is 2. The molecule has 1 unspecified atom stereocenters. The molecule has 1 aliphatic heterocycles. The SMILES string of the molecule is CC1(c2cnccn2)CC(=O)C=CO1. The molecule has 0 amide bonds. The molecule has 1 aromatic rings. The van der Waals surface area contributed by atoms with Crippen LogP contribution >= 0.6 is 0 Å². The molecular formula is C10H10N2O2. The van der Waals surface area contributed by atoms with Gasteiger partial charge in [0.05, 0.1) is 18.9 Å². The highest BCUT2D eigenvalue weighted by atomic mass is 16.5. The molecule has 0 saturated heterocycles. The molecule has 0 aliphatic carbocycles. The summed E-state index contributed by atoms with van der Waals surface area (Å²) in [6.45, 7) is 1.83. The smallest absolute Gasteiger partial charge is 0.163 e. The zero-order valence-corrected chi connectivity index (χ0v) is 7.80. The van der Waals surface area contributed by atoms with Crippen LogP contribution < -0.4 is 0 Å². The summed E-state index contributed by atoms with van der Waals surface area (Å²) in [6, 6.07) is 0. The largest absolute Gasteiger partial charge is 0.488 e. The Labute approximate surface area is 81.6 Å². The Kier molecular flexibility index (Phi) is 2.04.